The smallest absolute Gasteiger partial charge is 0.410 e. The number of carboxylic acid groups (broad SMARTS) is 1. The number of carbonyl (C=O) groups excluding carboxylic acids is 1. The zero-order chi connectivity index (χ0) is 18.6. The fourth-order valence-corrected chi connectivity index (χ4v) is 2.77. The second kappa shape index (κ2) is 7.72. The van der Waals surface area contributed by atoms with Crippen molar-refractivity contribution < 1.29 is 28.6 Å². The molecule has 0 bridgehead atoms. The van der Waals surface area contributed by atoms with Crippen LogP contribution < -0.4 is 4.74 Å². The topological polar surface area (TPSA) is 76.1 Å². The van der Waals surface area contributed by atoms with E-state index in [9.17, 15) is 14.0 Å². The highest BCUT2D eigenvalue weighted by Crippen LogP contribution is 2.32. The number of halogens is 1. The maximum absolute atomic E-state index is 14.3. The van der Waals surface area contributed by atoms with Crippen molar-refractivity contribution in [3.63, 3.8) is 0 Å². The highest BCUT2D eigenvalue weighted by Gasteiger charge is 2.28. The van der Waals surface area contributed by atoms with Gasteiger partial charge in [-0.1, -0.05) is 6.07 Å². The fraction of sp³-hybridized carbons (Fsp3) is 0.556. The minimum Gasteiger partial charge on any atom is -0.482 e. The SMILES string of the molecule is CC(C)(C)OC(=O)N1CCC(c2ccc(OCC(=O)O)cc2F)CC1. The van der Waals surface area contributed by atoms with E-state index in [1.807, 2.05) is 20.8 Å². The first-order chi connectivity index (χ1) is 11.7. The first-order valence-corrected chi connectivity index (χ1v) is 8.27. The average Bonchev–Trinajstić information content (AvgIpc) is 2.51. The van der Waals surface area contributed by atoms with Gasteiger partial charge in [0.1, 0.15) is 17.2 Å². The minimum atomic E-state index is -1.11. The van der Waals surface area contributed by atoms with E-state index >= 15 is 0 Å². The van der Waals surface area contributed by atoms with Crippen LogP contribution in [0.3, 0.4) is 0 Å². The molecule has 0 unspecified atom stereocenters. The summed E-state index contributed by atoms with van der Waals surface area (Å²) in [5.41, 5.74) is 0.0257. The molecular formula is C18H24FNO5. The molecule has 1 aromatic rings. The molecule has 6 nitrogen and oxygen atoms in total. The summed E-state index contributed by atoms with van der Waals surface area (Å²) in [6, 6.07) is 4.40. The molecule has 1 N–H and O–H groups in total. The van der Waals surface area contributed by atoms with Crippen LogP contribution in [0.5, 0.6) is 5.75 Å². The van der Waals surface area contributed by atoms with Gasteiger partial charge >= 0.3 is 12.1 Å². The number of likely N-dealkylation sites (tertiary alicyclic amines) is 1. The Morgan fingerprint density at radius 3 is 2.44 bits per heavy atom. The molecule has 0 spiro atoms. The number of piperidine rings is 1. The van der Waals surface area contributed by atoms with Gasteiger partial charge in [0.25, 0.3) is 0 Å². The molecule has 0 atom stereocenters. The lowest BCUT2D eigenvalue weighted by molar-refractivity contribution is -0.139. The van der Waals surface area contributed by atoms with Crippen LogP contribution in [-0.2, 0) is 9.53 Å². The maximum atomic E-state index is 14.3. The number of carboxylic acids is 1. The van der Waals surface area contributed by atoms with Crippen LogP contribution in [0.1, 0.15) is 45.1 Å². The molecule has 138 valence electrons. The summed E-state index contributed by atoms with van der Waals surface area (Å²) in [4.78, 5) is 24.2. The van der Waals surface area contributed by atoms with Crippen LogP contribution in [0.4, 0.5) is 9.18 Å². The molecule has 1 amide bonds. The molecule has 1 heterocycles. The molecule has 1 fully saturated rings. The molecule has 7 heteroatoms. The van der Waals surface area contributed by atoms with Crippen molar-refractivity contribution in [1.29, 1.82) is 0 Å². The Hall–Kier alpha value is -2.31. The summed E-state index contributed by atoms with van der Waals surface area (Å²) in [6.07, 6.45) is 0.945. The normalized spacial score (nSPS) is 15.8. The maximum Gasteiger partial charge on any atom is 0.410 e. The lowest BCUT2D eigenvalue weighted by Crippen LogP contribution is -2.41. The van der Waals surface area contributed by atoms with E-state index in [4.69, 9.17) is 14.6 Å². The van der Waals surface area contributed by atoms with E-state index in [0.29, 0.717) is 31.5 Å². The minimum absolute atomic E-state index is 0.00668. The second-order valence-electron chi connectivity index (χ2n) is 7.11. The van der Waals surface area contributed by atoms with Crippen molar-refractivity contribution >= 4 is 12.1 Å². The number of amides is 1. The summed E-state index contributed by atoms with van der Waals surface area (Å²) < 4.78 is 24.6. The number of ether oxygens (including phenoxy) is 2. The predicted octanol–water partition coefficient (Wildman–Crippen LogP) is 3.40. The standard InChI is InChI=1S/C18H24FNO5/c1-18(2,3)25-17(23)20-8-6-12(7-9-20)14-5-4-13(10-15(14)19)24-11-16(21)22/h4-5,10,12H,6-9,11H2,1-3H3,(H,21,22). The monoisotopic (exact) mass is 353 g/mol. The summed E-state index contributed by atoms with van der Waals surface area (Å²) >= 11 is 0. The molecule has 1 aromatic carbocycles. The van der Waals surface area contributed by atoms with Gasteiger partial charge in [0.2, 0.25) is 0 Å². The number of hydrogen-bond donors (Lipinski definition) is 1. The van der Waals surface area contributed by atoms with Gasteiger partial charge in [-0.05, 0) is 51.2 Å². The quantitative estimate of drug-likeness (QED) is 0.898. The Kier molecular flexibility index (Phi) is 5.87. The number of benzene rings is 1. The third-order valence-corrected chi connectivity index (χ3v) is 3.92. The Labute approximate surface area is 146 Å². The van der Waals surface area contributed by atoms with E-state index in [1.54, 1.807) is 17.0 Å². The third kappa shape index (κ3) is 5.62. The Morgan fingerprint density at radius 2 is 1.92 bits per heavy atom. The second-order valence-corrected chi connectivity index (χ2v) is 7.11. The van der Waals surface area contributed by atoms with Crippen molar-refractivity contribution in [3.8, 4) is 5.75 Å². The van der Waals surface area contributed by atoms with Gasteiger partial charge in [-0.2, -0.15) is 0 Å². The van der Waals surface area contributed by atoms with Gasteiger partial charge in [-0.25, -0.2) is 14.0 Å². The van der Waals surface area contributed by atoms with Gasteiger partial charge in [-0.3, -0.25) is 0 Å². The van der Waals surface area contributed by atoms with Crippen molar-refractivity contribution in [2.45, 2.75) is 45.1 Å². The first kappa shape index (κ1) is 19.0. The van der Waals surface area contributed by atoms with E-state index < -0.39 is 24.0 Å². The average molecular weight is 353 g/mol. The summed E-state index contributed by atoms with van der Waals surface area (Å²) in [6.45, 7) is 5.97. The van der Waals surface area contributed by atoms with E-state index in [1.165, 1.54) is 6.07 Å². The van der Waals surface area contributed by atoms with Crippen LogP contribution in [0, 0.1) is 5.82 Å². The first-order valence-electron chi connectivity index (χ1n) is 8.27. The molecule has 0 aromatic heterocycles. The van der Waals surface area contributed by atoms with E-state index in [0.717, 1.165) is 0 Å². The largest absolute Gasteiger partial charge is 0.482 e. The van der Waals surface area contributed by atoms with E-state index in [-0.39, 0.29) is 17.8 Å². The Morgan fingerprint density at radius 1 is 1.28 bits per heavy atom. The van der Waals surface area contributed by atoms with Crippen molar-refractivity contribution in [2.24, 2.45) is 0 Å². The Balaban J connectivity index is 1.94. The third-order valence-electron chi connectivity index (χ3n) is 3.92. The number of hydrogen-bond acceptors (Lipinski definition) is 4. The van der Waals surface area contributed by atoms with Crippen LogP contribution in [0.2, 0.25) is 0 Å². The molecular weight excluding hydrogens is 329 g/mol. The lowest BCUT2D eigenvalue weighted by Gasteiger charge is -2.33. The molecule has 1 aliphatic rings. The van der Waals surface area contributed by atoms with Gasteiger partial charge < -0.3 is 19.5 Å². The van der Waals surface area contributed by atoms with Gasteiger partial charge in [0, 0.05) is 19.2 Å². The van der Waals surface area contributed by atoms with Crippen LogP contribution >= 0.6 is 0 Å². The number of nitrogens with zero attached hydrogens (tertiary/aromatic N) is 1. The Bertz CT molecular complexity index is 633. The molecule has 1 aliphatic heterocycles. The molecule has 0 radical (unpaired) electrons. The molecule has 0 aliphatic carbocycles. The zero-order valence-corrected chi connectivity index (χ0v) is 14.8. The number of aliphatic carboxylic acids is 1. The fourth-order valence-electron chi connectivity index (χ4n) is 2.77. The molecule has 1 saturated heterocycles. The highest BCUT2D eigenvalue weighted by atomic mass is 19.1. The summed E-state index contributed by atoms with van der Waals surface area (Å²) in [5, 5.41) is 8.58. The summed E-state index contributed by atoms with van der Waals surface area (Å²) in [5.74, 6) is -1.33. The molecule has 2 rings (SSSR count). The highest BCUT2D eigenvalue weighted by molar-refractivity contribution is 5.68. The van der Waals surface area contributed by atoms with Crippen molar-refractivity contribution in [3.05, 3.63) is 29.6 Å². The van der Waals surface area contributed by atoms with Crippen LogP contribution in [0.15, 0.2) is 18.2 Å². The number of carbonyl (C=O) groups is 2. The lowest BCUT2D eigenvalue weighted by atomic mass is 9.89. The van der Waals surface area contributed by atoms with Gasteiger partial charge in [-0.15, -0.1) is 0 Å². The van der Waals surface area contributed by atoms with Crippen LogP contribution in [0.25, 0.3) is 0 Å². The van der Waals surface area contributed by atoms with E-state index in [2.05, 4.69) is 0 Å². The molecule has 0 saturated carbocycles. The van der Waals surface area contributed by atoms with Crippen molar-refractivity contribution in [1.82, 2.24) is 4.90 Å². The van der Waals surface area contributed by atoms with Gasteiger partial charge in [0.15, 0.2) is 6.61 Å². The predicted molar refractivity (Wildman–Crippen MR) is 89.3 cm³/mol. The molecule has 25 heavy (non-hydrogen) atoms. The zero-order valence-electron chi connectivity index (χ0n) is 14.8. The van der Waals surface area contributed by atoms with Gasteiger partial charge in [0.05, 0.1) is 0 Å². The number of rotatable bonds is 4. The van der Waals surface area contributed by atoms with Crippen LogP contribution in [-0.4, -0.2) is 47.4 Å². The van der Waals surface area contributed by atoms with Crippen molar-refractivity contribution in [2.75, 3.05) is 19.7 Å². The summed E-state index contributed by atoms with van der Waals surface area (Å²) in [7, 11) is 0.